The van der Waals surface area contributed by atoms with Gasteiger partial charge in [0.15, 0.2) is 0 Å². The number of esters is 1. The summed E-state index contributed by atoms with van der Waals surface area (Å²) in [6.45, 7) is 10.1. The zero-order valence-electron chi connectivity index (χ0n) is 11.4. The first-order valence-electron chi connectivity index (χ1n) is 6.04. The largest absolute Gasteiger partial charge is 0.457 e. The normalized spacial score (nSPS) is 15.1. The standard InChI is InChI=1S/C15H22O2/c1-11(15(3,4)5)14(17-12(2)16)13-9-7-6-8-10-13/h6-11,14H,1-5H3/t11-,14?/m1/s1. The molecule has 94 valence electrons. The van der Waals surface area contributed by atoms with Crippen molar-refractivity contribution in [3.05, 3.63) is 35.9 Å². The molecule has 0 amide bonds. The molecule has 1 unspecified atom stereocenters. The van der Waals surface area contributed by atoms with E-state index in [0.29, 0.717) is 0 Å². The molecule has 2 nitrogen and oxygen atoms in total. The second kappa shape index (κ2) is 5.35. The van der Waals surface area contributed by atoms with Crippen molar-refractivity contribution in [1.29, 1.82) is 0 Å². The van der Waals surface area contributed by atoms with Gasteiger partial charge >= 0.3 is 5.97 Å². The first-order chi connectivity index (χ1) is 7.82. The van der Waals surface area contributed by atoms with Gasteiger partial charge in [0.25, 0.3) is 0 Å². The van der Waals surface area contributed by atoms with Crippen LogP contribution in [0.1, 0.15) is 46.3 Å². The maximum Gasteiger partial charge on any atom is 0.303 e. The lowest BCUT2D eigenvalue weighted by Crippen LogP contribution is -2.27. The zero-order chi connectivity index (χ0) is 13.1. The van der Waals surface area contributed by atoms with E-state index in [9.17, 15) is 4.79 Å². The van der Waals surface area contributed by atoms with Gasteiger partial charge in [0.2, 0.25) is 0 Å². The Hall–Kier alpha value is -1.31. The lowest BCUT2D eigenvalue weighted by Gasteiger charge is -2.34. The molecule has 0 fully saturated rings. The Morgan fingerprint density at radius 1 is 1.18 bits per heavy atom. The van der Waals surface area contributed by atoms with Crippen molar-refractivity contribution >= 4 is 5.97 Å². The van der Waals surface area contributed by atoms with Gasteiger partial charge in [0.1, 0.15) is 6.10 Å². The average Bonchev–Trinajstić information content (AvgIpc) is 2.24. The van der Waals surface area contributed by atoms with Crippen LogP contribution >= 0.6 is 0 Å². The first-order valence-corrected chi connectivity index (χ1v) is 6.04. The molecule has 0 bridgehead atoms. The molecule has 0 saturated heterocycles. The zero-order valence-corrected chi connectivity index (χ0v) is 11.4. The van der Waals surface area contributed by atoms with Gasteiger partial charge in [0, 0.05) is 12.8 Å². The Morgan fingerprint density at radius 3 is 2.12 bits per heavy atom. The van der Waals surface area contributed by atoms with Crippen molar-refractivity contribution in [2.45, 2.75) is 40.7 Å². The van der Waals surface area contributed by atoms with E-state index in [1.165, 1.54) is 6.92 Å². The van der Waals surface area contributed by atoms with Crippen molar-refractivity contribution in [1.82, 2.24) is 0 Å². The lowest BCUT2D eigenvalue weighted by atomic mass is 9.76. The monoisotopic (exact) mass is 234 g/mol. The molecule has 0 saturated carbocycles. The average molecular weight is 234 g/mol. The Kier molecular flexibility index (Phi) is 4.33. The van der Waals surface area contributed by atoms with E-state index in [1.54, 1.807) is 0 Å². The minimum absolute atomic E-state index is 0.0932. The summed E-state index contributed by atoms with van der Waals surface area (Å²) in [7, 11) is 0. The molecule has 2 atom stereocenters. The highest BCUT2D eigenvalue weighted by Gasteiger charge is 2.31. The van der Waals surface area contributed by atoms with Gasteiger partial charge in [0.05, 0.1) is 0 Å². The summed E-state index contributed by atoms with van der Waals surface area (Å²) >= 11 is 0. The fourth-order valence-corrected chi connectivity index (χ4v) is 1.73. The van der Waals surface area contributed by atoms with Crippen LogP contribution in [0.4, 0.5) is 0 Å². The summed E-state index contributed by atoms with van der Waals surface area (Å²) in [6.07, 6.45) is -0.173. The summed E-state index contributed by atoms with van der Waals surface area (Å²) in [5.41, 5.74) is 1.15. The first kappa shape index (κ1) is 13.8. The summed E-state index contributed by atoms with van der Waals surface area (Å²) in [5, 5.41) is 0. The number of carbonyl (C=O) groups excluding carboxylic acids is 1. The topological polar surface area (TPSA) is 26.3 Å². The molecule has 0 spiro atoms. The van der Waals surface area contributed by atoms with Gasteiger partial charge in [-0.25, -0.2) is 0 Å². The molecule has 0 aliphatic rings. The van der Waals surface area contributed by atoms with E-state index in [4.69, 9.17) is 4.74 Å². The highest BCUT2D eigenvalue weighted by Crippen LogP contribution is 2.38. The van der Waals surface area contributed by atoms with E-state index in [1.807, 2.05) is 30.3 Å². The number of rotatable bonds is 3. The molecule has 0 heterocycles. The number of hydrogen-bond donors (Lipinski definition) is 0. The van der Waals surface area contributed by atoms with Crippen LogP contribution < -0.4 is 0 Å². The van der Waals surface area contributed by atoms with Gasteiger partial charge in [-0.3, -0.25) is 4.79 Å². The lowest BCUT2D eigenvalue weighted by molar-refractivity contribution is -0.151. The van der Waals surface area contributed by atoms with Crippen molar-refractivity contribution in [3.63, 3.8) is 0 Å². The third-order valence-corrected chi connectivity index (χ3v) is 3.24. The van der Waals surface area contributed by atoms with Gasteiger partial charge < -0.3 is 4.74 Å². The molecule has 1 rings (SSSR count). The molecule has 0 N–H and O–H groups in total. The molecule has 0 radical (unpaired) electrons. The number of benzene rings is 1. The SMILES string of the molecule is CC(=O)OC(c1ccccc1)[C@@H](C)C(C)(C)C. The van der Waals surface area contributed by atoms with Crippen molar-refractivity contribution in [3.8, 4) is 0 Å². The number of carbonyl (C=O) groups is 1. The van der Waals surface area contributed by atoms with Gasteiger partial charge in [-0.2, -0.15) is 0 Å². The summed E-state index contributed by atoms with van der Waals surface area (Å²) in [4.78, 5) is 11.2. The van der Waals surface area contributed by atoms with Gasteiger partial charge in [-0.1, -0.05) is 58.0 Å². The van der Waals surface area contributed by atoms with Gasteiger partial charge in [-0.05, 0) is 11.0 Å². The highest BCUT2D eigenvalue weighted by molar-refractivity contribution is 5.66. The van der Waals surface area contributed by atoms with Crippen LogP contribution in [0, 0.1) is 11.3 Å². The molecule has 2 heteroatoms. The molecule has 1 aromatic carbocycles. The number of hydrogen-bond acceptors (Lipinski definition) is 2. The van der Waals surface area contributed by atoms with Crippen molar-refractivity contribution < 1.29 is 9.53 Å². The predicted molar refractivity (Wildman–Crippen MR) is 69.6 cm³/mol. The molecular formula is C15H22O2. The van der Waals surface area contributed by atoms with Crippen LogP contribution in [-0.4, -0.2) is 5.97 Å². The fourth-order valence-electron chi connectivity index (χ4n) is 1.73. The highest BCUT2D eigenvalue weighted by atomic mass is 16.5. The third-order valence-electron chi connectivity index (χ3n) is 3.24. The van der Waals surface area contributed by atoms with Crippen molar-refractivity contribution in [2.75, 3.05) is 0 Å². The molecular weight excluding hydrogens is 212 g/mol. The predicted octanol–water partition coefficient (Wildman–Crippen LogP) is 3.97. The molecule has 17 heavy (non-hydrogen) atoms. The van der Waals surface area contributed by atoms with E-state index in [0.717, 1.165) is 5.56 Å². The summed E-state index contributed by atoms with van der Waals surface area (Å²) in [5.74, 6) is 0.0313. The van der Waals surface area contributed by atoms with E-state index in [-0.39, 0.29) is 23.4 Å². The van der Waals surface area contributed by atoms with Crippen LogP contribution in [0.5, 0.6) is 0 Å². The van der Waals surface area contributed by atoms with Gasteiger partial charge in [-0.15, -0.1) is 0 Å². The van der Waals surface area contributed by atoms with Crippen LogP contribution in [0.3, 0.4) is 0 Å². The second-order valence-corrected chi connectivity index (χ2v) is 5.60. The summed E-state index contributed by atoms with van der Waals surface area (Å²) < 4.78 is 5.49. The van der Waals surface area contributed by atoms with Crippen molar-refractivity contribution in [2.24, 2.45) is 11.3 Å². The quantitative estimate of drug-likeness (QED) is 0.740. The Balaban J connectivity index is 3.00. The Morgan fingerprint density at radius 2 is 1.71 bits per heavy atom. The maximum absolute atomic E-state index is 11.2. The second-order valence-electron chi connectivity index (χ2n) is 5.60. The Bertz CT molecular complexity index is 362. The molecule has 0 aliphatic heterocycles. The van der Waals surface area contributed by atoms with Crippen LogP contribution in [-0.2, 0) is 9.53 Å². The van der Waals surface area contributed by atoms with E-state index in [2.05, 4.69) is 27.7 Å². The van der Waals surface area contributed by atoms with Crippen LogP contribution in [0.15, 0.2) is 30.3 Å². The minimum Gasteiger partial charge on any atom is -0.457 e. The fraction of sp³-hybridized carbons (Fsp3) is 0.533. The molecule has 0 aliphatic carbocycles. The van der Waals surface area contributed by atoms with E-state index < -0.39 is 0 Å². The summed E-state index contributed by atoms with van der Waals surface area (Å²) in [6, 6.07) is 9.93. The molecule has 0 aromatic heterocycles. The smallest absolute Gasteiger partial charge is 0.303 e. The maximum atomic E-state index is 11.2. The molecule has 1 aromatic rings. The third kappa shape index (κ3) is 3.88. The Labute approximate surface area is 104 Å². The van der Waals surface area contributed by atoms with Crippen LogP contribution in [0.25, 0.3) is 0 Å². The number of ether oxygens (including phenoxy) is 1. The minimum atomic E-state index is -0.227. The van der Waals surface area contributed by atoms with E-state index >= 15 is 0 Å². The van der Waals surface area contributed by atoms with Crippen LogP contribution in [0.2, 0.25) is 0 Å².